The van der Waals surface area contributed by atoms with Gasteiger partial charge in [-0.25, -0.2) is 4.79 Å². The Labute approximate surface area is 168 Å². The predicted molar refractivity (Wildman–Crippen MR) is 108 cm³/mol. The van der Waals surface area contributed by atoms with E-state index in [1.165, 1.54) is 0 Å². The second kappa shape index (κ2) is 7.36. The highest BCUT2D eigenvalue weighted by Gasteiger charge is 2.34. The van der Waals surface area contributed by atoms with Crippen LogP contribution in [0.25, 0.3) is 16.6 Å². The third kappa shape index (κ3) is 3.39. The SMILES string of the molecule is N#Cc1cccc(-n2cc(C(=O)OC3C[C@H]4COC[C@@H](C3)N4)c3ccccc32)c1. The molecule has 5 rings (SSSR count). The Morgan fingerprint density at radius 1 is 1.14 bits per heavy atom. The maximum Gasteiger partial charge on any atom is 0.340 e. The van der Waals surface area contributed by atoms with Crippen molar-refractivity contribution in [1.29, 1.82) is 5.26 Å². The molecule has 2 saturated heterocycles. The van der Waals surface area contributed by atoms with Crippen LogP contribution in [0.5, 0.6) is 0 Å². The largest absolute Gasteiger partial charge is 0.459 e. The number of fused-ring (bicyclic) bond motifs is 3. The van der Waals surface area contributed by atoms with Gasteiger partial charge in [-0.3, -0.25) is 0 Å². The third-order valence-electron chi connectivity index (χ3n) is 5.66. The molecule has 0 aliphatic carbocycles. The molecule has 6 nitrogen and oxygen atoms in total. The van der Waals surface area contributed by atoms with E-state index in [0.717, 1.165) is 29.4 Å². The lowest BCUT2D eigenvalue weighted by Crippen LogP contribution is -2.56. The molecule has 2 bridgehead atoms. The van der Waals surface area contributed by atoms with E-state index < -0.39 is 0 Å². The molecule has 0 amide bonds. The van der Waals surface area contributed by atoms with Crippen molar-refractivity contribution in [2.24, 2.45) is 0 Å². The summed E-state index contributed by atoms with van der Waals surface area (Å²) < 4.78 is 13.4. The number of nitriles is 1. The number of aromatic nitrogens is 1. The second-order valence-electron chi connectivity index (χ2n) is 7.69. The maximum absolute atomic E-state index is 13.1. The molecule has 2 aliphatic heterocycles. The van der Waals surface area contributed by atoms with Crippen molar-refractivity contribution in [3.05, 3.63) is 65.9 Å². The fraction of sp³-hybridized carbons (Fsp3) is 0.304. The number of esters is 1. The van der Waals surface area contributed by atoms with Crippen molar-refractivity contribution in [3.63, 3.8) is 0 Å². The van der Waals surface area contributed by atoms with Crippen molar-refractivity contribution in [2.45, 2.75) is 31.0 Å². The summed E-state index contributed by atoms with van der Waals surface area (Å²) in [7, 11) is 0. The molecule has 1 aromatic heterocycles. The van der Waals surface area contributed by atoms with Crippen LogP contribution >= 0.6 is 0 Å². The van der Waals surface area contributed by atoms with Crippen molar-refractivity contribution in [2.75, 3.05) is 13.2 Å². The Kier molecular flexibility index (Phi) is 4.55. The number of morpholine rings is 1. The second-order valence-corrected chi connectivity index (χ2v) is 7.69. The first-order valence-corrected chi connectivity index (χ1v) is 9.86. The number of carbonyl (C=O) groups excluding carboxylic acids is 1. The van der Waals surface area contributed by atoms with Crippen LogP contribution in [-0.2, 0) is 9.47 Å². The maximum atomic E-state index is 13.1. The van der Waals surface area contributed by atoms with Crippen molar-refractivity contribution < 1.29 is 14.3 Å². The van der Waals surface area contributed by atoms with Crippen LogP contribution in [-0.4, -0.2) is 41.9 Å². The van der Waals surface area contributed by atoms with Crippen LogP contribution in [0.3, 0.4) is 0 Å². The molecule has 3 aromatic rings. The third-order valence-corrected chi connectivity index (χ3v) is 5.66. The van der Waals surface area contributed by atoms with E-state index in [4.69, 9.17) is 9.47 Å². The van der Waals surface area contributed by atoms with Crippen molar-refractivity contribution in [3.8, 4) is 11.8 Å². The van der Waals surface area contributed by atoms with Gasteiger partial charge in [0.05, 0.1) is 35.9 Å². The van der Waals surface area contributed by atoms with E-state index in [-0.39, 0.29) is 24.2 Å². The molecule has 1 N–H and O–H groups in total. The van der Waals surface area contributed by atoms with E-state index in [1.807, 2.05) is 53.2 Å². The van der Waals surface area contributed by atoms with Gasteiger partial charge in [-0.2, -0.15) is 5.26 Å². The quantitative estimate of drug-likeness (QED) is 0.699. The number of nitrogens with zero attached hydrogens (tertiary/aromatic N) is 2. The molecule has 2 fully saturated rings. The summed E-state index contributed by atoms with van der Waals surface area (Å²) in [4.78, 5) is 13.1. The number of carbonyl (C=O) groups is 1. The van der Waals surface area contributed by atoms with Crippen molar-refractivity contribution in [1.82, 2.24) is 9.88 Å². The molecule has 3 atom stereocenters. The first-order valence-electron chi connectivity index (χ1n) is 9.86. The lowest BCUT2D eigenvalue weighted by atomic mass is 9.94. The Balaban J connectivity index is 1.47. The molecule has 29 heavy (non-hydrogen) atoms. The van der Waals surface area contributed by atoms with Gasteiger partial charge in [0.1, 0.15) is 6.10 Å². The van der Waals surface area contributed by atoms with Gasteiger partial charge >= 0.3 is 5.97 Å². The fourth-order valence-electron chi connectivity index (χ4n) is 4.38. The molecule has 0 spiro atoms. The Morgan fingerprint density at radius 3 is 2.72 bits per heavy atom. The van der Waals surface area contributed by atoms with E-state index in [0.29, 0.717) is 24.3 Å². The topological polar surface area (TPSA) is 76.3 Å². The smallest absolute Gasteiger partial charge is 0.340 e. The Morgan fingerprint density at radius 2 is 1.93 bits per heavy atom. The number of benzene rings is 2. The normalized spacial score (nSPS) is 23.5. The number of hydrogen-bond donors (Lipinski definition) is 1. The van der Waals surface area contributed by atoms with Gasteiger partial charge in [-0.15, -0.1) is 0 Å². The van der Waals surface area contributed by atoms with Gasteiger partial charge in [-0.05, 0) is 24.3 Å². The lowest BCUT2D eigenvalue weighted by molar-refractivity contribution is -0.0339. The molecule has 2 aliphatic rings. The van der Waals surface area contributed by atoms with Crippen LogP contribution in [0.15, 0.2) is 54.7 Å². The monoisotopic (exact) mass is 387 g/mol. The van der Waals surface area contributed by atoms with Crippen LogP contribution in [0.4, 0.5) is 0 Å². The number of rotatable bonds is 3. The van der Waals surface area contributed by atoms with Gasteiger partial charge in [-0.1, -0.05) is 24.3 Å². The van der Waals surface area contributed by atoms with Gasteiger partial charge in [0.15, 0.2) is 0 Å². The summed E-state index contributed by atoms with van der Waals surface area (Å²) in [5.74, 6) is -0.303. The predicted octanol–water partition coefficient (Wildman–Crippen LogP) is 3.18. The summed E-state index contributed by atoms with van der Waals surface area (Å²) in [5, 5.41) is 13.6. The van der Waals surface area contributed by atoms with E-state index >= 15 is 0 Å². The summed E-state index contributed by atoms with van der Waals surface area (Å²) in [6.07, 6.45) is 3.25. The minimum Gasteiger partial charge on any atom is -0.459 e. The van der Waals surface area contributed by atoms with E-state index in [9.17, 15) is 10.1 Å². The molecule has 2 aromatic carbocycles. The highest BCUT2D eigenvalue weighted by molar-refractivity contribution is 6.05. The minimum absolute atomic E-state index is 0.105. The van der Waals surface area contributed by atoms with Gasteiger partial charge in [0.2, 0.25) is 0 Å². The van der Waals surface area contributed by atoms with E-state index in [2.05, 4.69) is 11.4 Å². The Hall–Kier alpha value is -3.14. The number of hydrogen-bond acceptors (Lipinski definition) is 5. The molecule has 0 saturated carbocycles. The number of nitrogens with one attached hydrogen (secondary N) is 1. The van der Waals surface area contributed by atoms with Gasteiger partial charge in [0.25, 0.3) is 0 Å². The van der Waals surface area contributed by atoms with Crippen LogP contribution in [0.1, 0.15) is 28.8 Å². The summed E-state index contributed by atoms with van der Waals surface area (Å²) in [5.41, 5.74) is 2.87. The average Bonchev–Trinajstić information content (AvgIpc) is 3.13. The standard InChI is InChI=1S/C23H21N3O3/c24-11-15-4-3-5-18(8-15)26-12-21(20-6-1-2-7-22(20)26)23(27)29-19-9-16-13-28-14-17(10-19)25-16/h1-8,12,16-17,19,25H,9-10,13-14H2/t16-,17+,19?. The molecule has 0 radical (unpaired) electrons. The average molecular weight is 387 g/mol. The molecular formula is C23H21N3O3. The fourth-order valence-corrected chi connectivity index (χ4v) is 4.38. The molecular weight excluding hydrogens is 366 g/mol. The summed E-state index contributed by atoms with van der Waals surface area (Å²) in [6.45, 7) is 1.33. The van der Waals surface area contributed by atoms with Crippen LogP contribution in [0, 0.1) is 11.3 Å². The van der Waals surface area contributed by atoms with Gasteiger partial charge in [0, 0.05) is 42.2 Å². The van der Waals surface area contributed by atoms with Crippen LogP contribution in [0.2, 0.25) is 0 Å². The number of piperidine rings is 1. The molecule has 6 heteroatoms. The zero-order chi connectivity index (χ0) is 19.8. The van der Waals surface area contributed by atoms with E-state index in [1.54, 1.807) is 6.07 Å². The number of para-hydroxylation sites is 1. The summed E-state index contributed by atoms with van der Waals surface area (Å²) >= 11 is 0. The summed E-state index contributed by atoms with van der Waals surface area (Å²) in [6, 6.07) is 17.8. The zero-order valence-electron chi connectivity index (χ0n) is 15.9. The molecule has 1 unspecified atom stereocenters. The number of ether oxygens (including phenoxy) is 2. The highest BCUT2D eigenvalue weighted by Crippen LogP contribution is 2.28. The highest BCUT2D eigenvalue weighted by atomic mass is 16.5. The van der Waals surface area contributed by atoms with Crippen LogP contribution < -0.4 is 5.32 Å². The first-order chi connectivity index (χ1) is 14.2. The molecule has 3 heterocycles. The lowest BCUT2D eigenvalue weighted by Gasteiger charge is -2.39. The minimum atomic E-state index is -0.303. The Bertz CT molecular complexity index is 1100. The van der Waals surface area contributed by atoms with Crippen molar-refractivity contribution >= 4 is 16.9 Å². The first kappa shape index (κ1) is 17.9. The molecule has 146 valence electrons. The zero-order valence-corrected chi connectivity index (χ0v) is 15.9. The van der Waals surface area contributed by atoms with Gasteiger partial charge < -0.3 is 19.4 Å².